The molecule has 2 N–H and O–H groups in total. The molecule has 0 aromatic carbocycles. The number of quaternary nitrogens is 1. The fraction of sp³-hybridized carbons (Fsp3) is 0.968. The van der Waals surface area contributed by atoms with Crippen molar-refractivity contribution in [2.75, 3.05) is 61.6 Å². The minimum atomic E-state index is -4.51. The maximum atomic E-state index is 11.4. The first kappa shape index (κ1) is 42.4. The summed E-state index contributed by atoms with van der Waals surface area (Å²) in [5.41, 5.74) is 0. The van der Waals surface area contributed by atoms with E-state index in [1.165, 1.54) is 114 Å². The number of hydrogen-bond donors (Lipinski definition) is 2. The van der Waals surface area contributed by atoms with Crippen molar-refractivity contribution in [3.05, 3.63) is 0 Å². The third-order valence-electron chi connectivity index (χ3n) is 7.05. The summed E-state index contributed by atoms with van der Waals surface area (Å²) in [4.78, 5) is 31.1. The monoisotopic (exact) mass is 610 g/mol. The summed E-state index contributed by atoms with van der Waals surface area (Å²) in [5.74, 6) is 0.0787. The van der Waals surface area contributed by atoms with Gasteiger partial charge in [-0.05, 0) is 6.42 Å². The third-order valence-corrected chi connectivity index (χ3v) is 7.56. The van der Waals surface area contributed by atoms with Gasteiger partial charge in [0.15, 0.2) is 0 Å². The van der Waals surface area contributed by atoms with Crippen LogP contribution in [0.3, 0.4) is 0 Å². The number of likely N-dealkylation sites (N-methyl/N-ethyl adjacent to an activating group) is 1. The van der Waals surface area contributed by atoms with Gasteiger partial charge in [0.25, 0.3) is 7.82 Å². The van der Waals surface area contributed by atoms with Gasteiger partial charge in [-0.25, -0.2) is 4.79 Å². The first-order valence-electron chi connectivity index (χ1n) is 16.3. The smallest absolute Gasteiger partial charge is 0.409 e. The van der Waals surface area contributed by atoms with Gasteiger partial charge < -0.3 is 33.5 Å². The number of ether oxygens (including phenoxy) is 1. The highest BCUT2D eigenvalue weighted by atomic mass is 31.2. The summed E-state index contributed by atoms with van der Waals surface area (Å²) in [6.45, 7) is 3.26. The first-order chi connectivity index (χ1) is 19.3. The van der Waals surface area contributed by atoms with Gasteiger partial charge in [0.05, 0.1) is 27.7 Å². The Hall–Kier alpha value is -0.700. The van der Waals surface area contributed by atoms with Crippen LogP contribution >= 0.6 is 7.82 Å². The molecule has 248 valence electrons. The molecule has 2 unspecified atom stereocenters. The van der Waals surface area contributed by atoms with Gasteiger partial charge in [-0.1, -0.05) is 122 Å². The number of aliphatic hydroxyl groups excluding tert-OH is 1. The molecular formula is C31H67N2O7P. The number of hydrogen-bond acceptors (Lipinski definition) is 6. The SMILES string of the molecule is CCCCCCCCCCCCCCCCCCCCC(CO)COC(=O)N(C)C.C[N+](C)(C)CCOP(=O)([O-])O. The summed E-state index contributed by atoms with van der Waals surface area (Å²) < 4.78 is 20.0. The number of amides is 1. The number of phosphoric ester groups is 1. The number of rotatable bonds is 26. The molecule has 0 aliphatic carbocycles. The molecule has 1 amide bonds. The minimum Gasteiger partial charge on any atom is -0.756 e. The van der Waals surface area contributed by atoms with Gasteiger partial charge in [-0.15, -0.1) is 0 Å². The highest BCUT2D eigenvalue weighted by molar-refractivity contribution is 7.44. The Balaban J connectivity index is 0. The molecule has 0 spiro atoms. The standard InChI is InChI=1S/C26H53NO3.C5H14NO4P/c1-4-5-6-7-8-9-10-11-12-13-14-15-16-17-18-19-20-21-22-25(23-28)24-30-26(29)27(2)3;1-6(2,3)4-5-10-11(7,8)9/h25,28H,4-24H2,1-3H3;4-5H2,1-3H3,(H-,7,8,9). The molecule has 9 nitrogen and oxygen atoms in total. The van der Waals surface area contributed by atoms with Crippen LogP contribution in [0.15, 0.2) is 0 Å². The molecule has 0 aromatic rings. The van der Waals surface area contributed by atoms with Crippen LogP contribution in [0.2, 0.25) is 0 Å². The molecule has 0 radical (unpaired) electrons. The summed E-state index contributed by atoms with van der Waals surface area (Å²) in [6, 6.07) is 0. The van der Waals surface area contributed by atoms with Crippen LogP contribution in [-0.4, -0.2) is 87.1 Å². The van der Waals surface area contributed by atoms with Crippen molar-refractivity contribution < 1.29 is 38.0 Å². The summed E-state index contributed by atoms with van der Waals surface area (Å²) >= 11 is 0. The van der Waals surface area contributed by atoms with Crippen LogP contribution in [-0.2, 0) is 13.8 Å². The number of unbranched alkanes of at least 4 members (excludes halogenated alkanes) is 17. The Morgan fingerprint density at radius 3 is 1.51 bits per heavy atom. The molecule has 10 heteroatoms. The lowest BCUT2D eigenvalue weighted by Crippen LogP contribution is -2.37. The van der Waals surface area contributed by atoms with E-state index in [4.69, 9.17) is 9.63 Å². The van der Waals surface area contributed by atoms with Crippen molar-refractivity contribution in [3.63, 3.8) is 0 Å². The fourth-order valence-corrected chi connectivity index (χ4v) is 4.62. The lowest BCUT2D eigenvalue weighted by molar-refractivity contribution is -0.870. The molecule has 2 atom stereocenters. The summed E-state index contributed by atoms with van der Waals surface area (Å²) in [6.07, 6.45) is 25.4. The highest BCUT2D eigenvalue weighted by Gasteiger charge is 2.12. The fourth-order valence-electron chi connectivity index (χ4n) is 4.31. The van der Waals surface area contributed by atoms with Gasteiger partial charge >= 0.3 is 6.09 Å². The predicted molar refractivity (Wildman–Crippen MR) is 168 cm³/mol. The molecule has 0 saturated heterocycles. The Morgan fingerprint density at radius 1 is 0.805 bits per heavy atom. The van der Waals surface area contributed by atoms with E-state index in [1.54, 1.807) is 14.1 Å². The van der Waals surface area contributed by atoms with Gasteiger partial charge in [-0.3, -0.25) is 4.57 Å². The molecule has 0 heterocycles. The molecular weight excluding hydrogens is 543 g/mol. The molecule has 41 heavy (non-hydrogen) atoms. The molecule has 0 aliphatic heterocycles. The van der Waals surface area contributed by atoms with Crippen molar-refractivity contribution in [1.29, 1.82) is 0 Å². The molecule has 0 aliphatic rings. The molecule has 0 bridgehead atoms. The zero-order chi connectivity index (χ0) is 31.4. The maximum absolute atomic E-state index is 11.4. The van der Waals surface area contributed by atoms with Crippen LogP contribution in [0, 0.1) is 5.92 Å². The van der Waals surface area contributed by atoms with Gasteiger partial charge in [0.1, 0.15) is 13.2 Å². The van der Waals surface area contributed by atoms with Gasteiger partial charge in [0, 0.05) is 26.6 Å². The van der Waals surface area contributed by atoms with E-state index >= 15 is 0 Å². The van der Waals surface area contributed by atoms with E-state index in [9.17, 15) is 19.4 Å². The van der Waals surface area contributed by atoms with E-state index < -0.39 is 7.82 Å². The largest absolute Gasteiger partial charge is 0.756 e. The van der Waals surface area contributed by atoms with Crippen LogP contribution in [0.1, 0.15) is 129 Å². The van der Waals surface area contributed by atoms with E-state index in [1.807, 2.05) is 21.1 Å². The van der Waals surface area contributed by atoms with Crippen LogP contribution in [0.5, 0.6) is 0 Å². The van der Waals surface area contributed by atoms with Gasteiger partial charge in [0.2, 0.25) is 0 Å². The van der Waals surface area contributed by atoms with Crippen molar-refractivity contribution >= 4 is 13.9 Å². The normalized spacial score (nSPS) is 13.7. The van der Waals surface area contributed by atoms with Crippen LogP contribution in [0.4, 0.5) is 4.79 Å². The van der Waals surface area contributed by atoms with E-state index in [2.05, 4.69) is 11.4 Å². The number of carbonyl (C=O) groups is 1. The average molecular weight is 611 g/mol. The highest BCUT2D eigenvalue weighted by Crippen LogP contribution is 2.29. The van der Waals surface area contributed by atoms with Crippen molar-refractivity contribution in [2.45, 2.75) is 129 Å². The maximum Gasteiger partial charge on any atom is 0.409 e. The Bertz CT molecular complexity index is 624. The zero-order valence-corrected chi connectivity index (χ0v) is 28.5. The number of aliphatic hydroxyl groups is 1. The molecule has 0 aromatic heterocycles. The number of carbonyl (C=O) groups excluding carboxylic acids is 1. The topological polar surface area (TPSA) is 119 Å². The Kier molecular flexibility index (Phi) is 29.1. The molecule has 0 fully saturated rings. The minimum absolute atomic E-state index is 0.0147. The second-order valence-electron chi connectivity index (χ2n) is 12.6. The molecule has 0 rings (SSSR count). The lowest BCUT2D eigenvalue weighted by Gasteiger charge is -2.25. The van der Waals surface area contributed by atoms with Crippen molar-refractivity contribution in [2.24, 2.45) is 5.92 Å². The van der Waals surface area contributed by atoms with E-state index in [-0.39, 0.29) is 25.2 Å². The third kappa shape index (κ3) is 37.3. The Morgan fingerprint density at radius 2 is 1.20 bits per heavy atom. The van der Waals surface area contributed by atoms with Crippen molar-refractivity contribution in [3.8, 4) is 0 Å². The summed E-state index contributed by atoms with van der Waals surface area (Å²) in [7, 11) is 4.53. The summed E-state index contributed by atoms with van der Waals surface area (Å²) in [5, 5.41) is 9.42. The zero-order valence-electron chi connectivity index (χ0n) is 27.6. The van der Waals surface area contributed by atoms with E-state index in [0.717, 1.165) is 12.8 Å². The quantitative estimate of drug-likeness (QED) is 0.0621. The second-order valence-corrected chi connectivity index (χ2v) is 13.8. The Labute approximate surface area is 253 Å². The number of nitrogens with zero attached hydrogens (tertiary/aromatic N) is 2. The lowest BCUT2D eigenvalue weighted by atomic mass is 10.0. The van der Waals surface area contributed by atoms with Crippen molar-refractivity contribution in [1.82, 2.24) is 4.90 Å². The average Bonchev–Trinajstić information content (AvgIpc) is 2.88. The van der Waals surface area contributed by atoms with E-state index in [0.29, 0.717) is 17.6 Å². The molecule has 0 saturated carbocycles. The predicted octanol–water partition coefficient (Wildman–Crippen LogP) is 6.89. The van der Waals surface area contributed by atoms with Crippen LogP contribution in [0.25, 0.3) is 0 Å². The first-order valence-corrected chi connectivity index (χ1v) is 17.8. The second kappa shape index (κ2) is 28.1. The number of phosphoric acid groups is 1. The van der Waals surface area contributed by atoms with Crippen LogP contribution < -0.4 is 4.89 Å². The van der Waals surface area contributed by atoms with Gasteiger partial charge in [-0.2, -0.15) is 0 Å².